The molecule has 2 fully saturated rings. The third kappa shape index (κ3) is 6.61. The average molecular weight is 532 g/mol. The lowest BCUT2D eigenvalue weighted by molar-refractivity contribution is 0.0741. The van der Waals surface area contributed by atoms with Crippen LogP contribution in [0.2, 0.25) is 0 Å². The van der Waals surface area contributed by atoms with E-state index >= 15 is 0 Å². The van der Waals surface area contributed by atoms with Crippen molar-refractivity contribution in [3.05, 3.63) is 66.4 Å². The Labute approximate surface area is 230 Å². The van der Waals surface area contributed by atoms with Gasteiger partial charge >= 0.3 is 0 Å². The number of methoxy groups -OCH3 is 2. The summed E-state index contributed by atoms with van der Waals surface area (Å²) < 4.78 is 16.7. The summed E-state index contributed by atoms with van der Waals surface area (Å²) in [6, 6.07) is 19.5. The third-order valence-corrected chi connectivity index (χ3v) is 7.30. The number of carbonyl (C=O) groups excluding carboxylic acids is 1. The van der Waals surface area contributed by atoms with Gasteiger partial charge in [0.05, 0.1) is 19.9 Å². The van der Waals surface area contributed by atoms with Crippen molar-refractivity contribution in [1.82, 2.24) is 20.1 Å². The van der Waals surface area contributed by atoms with Gasteiger partial charge in [-0.15, -0.1) is 0 Å². The molecule has 0 aliphatic carbocycles. The Morgan fingerprint density at radius 3 is 2.33 bits per heavy atom. The summed E-state index contributed by atoms with van der Waals surface area (Å²) in [5.41, 5.74) is 3.17. The Kier molecular flexibility index (Phi) is 8.80. The molecule has 0 atom stereocenters. The van der Waals surface area contributed by atoms with E-state index < -0.39 is 0 Å². The van der Waals surface area contributed by atoms with Crippen molar-refractivity contribution < 1.29 is 19.0 Å². The first-order valence-electron chi connectivity index (χ1n) is 13.5. The molecule has 9 nitrogen and oxygen atoms in total. The van der Waals surface area contributed by atoms with E-state index in [1.165, 1.54) is 0 Å². The van der Waals surface area contributed by atoms with Crippen molar-refractivity contribution in [2.45, 2.75) is 0 Å². The monoisotopic (exact) mass is 531 g/mol. The second-order valence-electron chi connectivity index (χ2n) is 9.69. The molecule has 3 heterocycles. The molecule has 0 spiro atoms. The molecule has 2 aliphatic heterocycles. The summed E-state index contributed by atoms with van der Waals surface area (Å²) in [6.07, 6.45) is 0. The summed E-state index contributed by atoms with van der Waals surface area (Å²) in [5, 5.41) is 3.37. The number of nitrogens with zero attached hydrogens (tertiary/aromatic N) is 4. The van der Waals surface area contributed by atoms with Crippen molar-refractivity contribution in [2.24, 2.45) is 0 Å². The first-order valence-corrected chi connectivity index (χ1v) is 13.5. The highest BCUT2D eigenvalue weighted by atomic mass is 16.5. The normalized spacial score (nSPS) is 16.2. The van der Waals surface area contributed by atoms with Crippen molar-refractivity contribution in [2.75, 3.05) is 84.6 Å². The van der Waals surface area contributed by atoms with E-state index in [-0.39, 0.29) is 5.91 Å². The number of hydrogen-bond donors (Lipinski definition) is 1. The number of amides is 1. The number of carbonyl (C=O) groups is 1. The van der Waals surface area contributed by atoms with Crippen molar-refractivity contribution in [3.63, 3.8) is 0 Å². The lowest BCUT2D eigenvalue weighted by atomic mass is 10.1. The zero-order chi connectivity index (χ0) is 27.0. The van der Waals surface area contributed by atoms with Gasteiger partial charge < -0.3 is 29.3 Å². The molecule has 0 bridgehead atoms. The summed E-state index contributed by atoms with van der Waals surface area (Å²) in [7, 11) is 3.21. The smallest absolute Gasteiger partial charge is 0.272 e. The SMILES string of the molecule is COc1ccc(-c2cccc(C(=O)N3CCN(c4ccc(OCCN5CCNCC5)cc4)CC3)n2)cc1OC. The molecule has 0 radical (unpaired) electrons. The zero-order valence-corrected chi connectivity index (χ0v) is 22.8. The second-order valence-corrected chi connectivity index (χ2v) is 9.69. The van der Waals surface area contributed by atoms with E-state index in [9.17, 15) is 4.79 Å². The maximum atomic E-state index is 13.3. The standard InChI is InChI=1S/C30H37N5O4/c1-37-28-11-6-23(22-29(28)38-2)26-4-3-5-27(32-26)30(36)35-18-16-34(17-19-35)24-7-9-25(10-8-24)39-21-20-33-14-12-31-13-15-33/h3-11,22,31H,12-21H2,1-2H3. The number of benzene rings is 2. The zero-order valence-electron chi connectivity index (χ0n) is 22.8. The van der Waals surface area contributed by atoms with Gasteiger partial charge in [0.15, 0.2) is 11.5 Å². The minimum Gasteiger partial charge on any atom is -0.493 e. The number of anilines is 1. The van der Waals surface area contributed by atoms with Gasteiger partial charge in [0.25, 0.3) is 5.91 Å². The number of nitrogens with one attached hydrogen (secondary N) is 1. The van der Waals surface area contributed by atoms with Crippen LogP contribution in [0.3, 0.4) is 0 Å². The summed E-state index contributed by atoms with van der Waals surface area (Å²) in [6.45, 7) is 8.73. The molecule has 3 aromatic rings. The van der Waals surface area contributed by atoms with Crippen LogP contribution in [-0.4, -0.2) is 100 Å². The number of rotatable bonds is 9. The van der Waals surface area contributed by atoms with Crippen LogP contribution in [0.4, 0.5) is 5.69 Å². The van der Waals surface area contributed by atoms with Gasteiger partial charge in [0.2, 0.25) is 0 Å². The number of ether oxygens (including phenoxy) is 3. The number of piperazine rings is 2. The predicted molar refractivity (Wildman–Crippen MR) is 152 cm³/mol. The fourth-order valence-electron chi connectivity index (χ4n) is 5.02. The number of pyridine rings is 1. The average Bonchev–Trinajstić information content (AvgIpc) is 3.01. The van der Waals surface area contributed by atoms with Crippen LogP contribution in [-0.2, 0) is 0 Å². The highest BCUT2D eigenvalue weighted by molar-refractivity contribution is 5.93. The summed E-state index contributed by atoms with van der Waals surface area (Å²) in [4.78, 5) is 24.6. The van der Waals surface area contributed by atoms with Gasteiger partial charge in [0, 0.05) is 70.2 Å². The van der Waals surface area contributed by atoms with Crippen LogP contribution in [0.25, 0.3) is 11.3 Å². The van der Waals surface area contributed by atoms with E-state index in [2.05, 4.69) is 32.2 Å². The first-order chi connectivity index (χ1) is 19.1. The number of hydrogen-bond acceptors (Lipinski definition) is 8. The maximum Gasteiger partial charge on any atom is 0.272 e. The molecule has 2 aliphatic rings. The molecule has 1 amide bonds. The van der Waals surface area contributed by atoms with Gasteiger partial charge in [-0.3, -0.25) is 9.69 Å². The molecule has 2 saturated heterocycles. The lowest BCUT2D eigenvalue weighted by Crippen LogP contribution is -2.49. The van der Waals surface area contributed by atoms with Crippen molar-refractivity contribution in [3.8, 4) is 28.5 Å². The van der Waals surface area contributed by atoms with Gasteiger partial charge in [-0.05, 0) is 54.6 Å². The Balaban J connectivity index is 1.14. The van der Waals surface area contributed by atoms with Crippen LogP contribution < -0.4 is 24.4 Å². The lowest BCUT2D eigenvalue weighted by Gasteiger charge is -2.36. The quantitative estimate of drug-likeness (QED) is 0.452. The van der Waals surface area contributed by atoms with Crippen LogP contribution in [0.1, 0.15) is 10.5 Å². The van der Waals surface area contributed by atoms with Crippen molar-refractivity contribution >= 4 is 11.6 Å². The molecule has 206 valence electrons. The fraction of sp³-hybridized carbons (Fsp3) is 0.400. The minimum atomic E-state index is -0.0507. The van der Waals surface area contributed by atoms with Crippen molar-refractivity contribution in [1.29, 1.82) is 0 Å². The van der Waals surface area contributed by atoms with E-state index in [4.69, 9.17) is 14.2 Å². The summed E-state index contributed by atoms with van der Waals surface area (Å²) >= 11 is 0. The molecule has 9 heteroatoms. The van der Waals surface area contributed by atoms with Crippen LogP contribution in [0.5, 0.6) is 17.2 Å². The Bertz CT molecular complexity index is 1240. The first kappa shape index (κ1) is 26.8. The van der Waals surface area contributed by atoms with E-state index in [0.29, 0.717) is 36.9 Å². The van der Waals surface area contributed by atoms with Crippen LogP contribution >= 0.6 is 0 Å². The van der Waals surface area contributed by atoms with E-state index in [1.807, 2.05) is 47.4 Å². The molecular formula is C30H37N5O4. The topological polar surface area (TPSA) is 79.4 Å². The molecule has 2 aromatic carbocycles. The molecule has 39 heavy (non-hydrogen) atoms. The molecule has 0 saturated carbocycles. The highest BCUT2D eigenvalue weighted by Gasteiger charge is 2.23. The minimum absolute atomic E-state index is 0.0507. The molecular weight excluding hydrogens is 494 g/mol. The molecule has 5 rings (SSSR count). The Morgan fingerprint density at radius 2 is 1.62 bits per heavy atom. The third-order valence-electron chi connectivity index (χ3n) is 7.30. The van der Waals surface area contributed by atoms with E-state index in [1.54, 1.807) is 20.3 Å². The molecule has 1 N–H and O–H groups in total. The maximum absolute atomic E-state index is 13.3. The van der Waals surface area contributed by atoms with Crippen LogP contribution in [0, 0.1) is 0 Å². The van der Waals surface area contributed by atoms with Gasteiger partial charge in [-0.1, -0.05) is 6.07 Å². The van der Waals surface area contributed by atoms with Gasteiger partial charge in [0.1, 0.15) is 18.1 Å². The number of aromatic nitrogens is 1. The van der Waals surface area contributed by atoms with Crippen LogP contribution in [0.15, 0.2) is 60.7 Å². The molecule has 1 aromatic heterocycles. The Hall–Kier alpha value is -3.82. The largest absolute Gasteiger partial charge is 0.493 e. The highest BCUT2D eigenvalue weighted by Crippen LogP contribution is 2.31. The predicted octanol–water partition coefficient (Wildman–Crippen LogP) is 3.01. The van der Waals surface area contributed by atoms with Gasteiger partial charge in [-0.2, -0.15) is 0 Å². The van der Waals surface area contributed by atoms with Gasteiger partial charge in [-0.25, -0.2) is 4.98 Å². The summed E-state index contributed by atoms with van der Waals surface area (Å²) in [5.74, 6) is 2.12. The Morgan fingerprint density at radius 1 is 0.872 bits per heavy atom. The van der Waals surface area contributed by atoms with E-state index in [0.717, 1.165) is 68.5 Å². The second kappa shape index (κ2) is 12.8. The fourth-order valence-corrected chi connectivity index (χ4v) is 5.02. The molecule has 0 unspecified atom stereocenters.